The summed E-state index contributed by atoms with van der Waals surface area (Å²) in [7, 11) is 0. The van der Waals surface area contributed by atoms with Crippen LogP contribution in [0.5, 0.6) is 0 Å². The van der Waals surface area contributed by atoms with Gasteiger partial charge in [-0.25, -0.2) is 13.8 Å². The third kappa shape index (κ3) is 1.76. The van der Waals surface area contributed by atoms with Gasteiger partial charge in [0.15, 0.2) is 0 Å². The van der Waals surface area contributed by atoms with Crippen molar-refractivity contribution in [1.29, 1.82) is 0 Å². The predicted molar refractivity (Wildman–Crippen MR) is 49.8 cm³/mol. The van der Waals surface area contributed by atoms with Gasteiger partial charge in [0.2, 0.25) is 0 Å². The molecule has 0 aromatic rings. The van der Waals surface area contributed by atoms with Crippen molar-refractivity contribution in [2.24, 2.45) is 11.3 Å². The molecule has 82 valence electrons. The fraction of sp³-hybridized carbons (Fsp3) is 1.00. The van der Waals surface area contributed by atoms with Crippen molar-refractivity contribution in [2.45, 2.75) is 31.7 Å². The topological polar surface area (TPSA) is 41.3 Å². The first kappa shape index (κ1) is 10.3. The zero-order valence-corrected chi connectivity index (χ0v) is 8.18. The Bertz CT molecular complexity index is 212. The van der Waals surface area contributed by atoms with Crippen LogP contribution in [-0.4, -0.2) is 37.1 Å². The Labute approximate surface area is 82.6 Å². The summed E-state index contributed by atoms with van der Waals surface area (Å²) >= 11 is 0. The lowest BCUT2D eigenvalue weighted by Gasteiger charge is -2.47. The predicted octanol–water partition coefficient (Wildman–Crippen LogP) is 0.569. The SMILES string of the molecule is NN1CCC2(CCC2NCC(F)F)C1. The van der Waals surface area contributed by atoms with Gasteiger partial charge in [-0.15, -0.1) is 0 Å². The van der Waals surface area contributed by atoms with Crippen molar-refractivity contribution < 1.29 is 8.78 Å². The first-order chi connectivity index (χ1) is 6.62. The monoisotopic (exact) mass is 205 g/mol. The molecule has 1 aliphatic heterocycles. The molecule has 0 radical (unpaired) electrons. The smallest absolute Gasteiger partial charge is 0.250 e. The number of nitrogens with zero attached hydrogens (tertiary/aromatic N) is 1. The van der Waals surface area contributed by atoms with Crippen LogP contribution in [0.1, 0.15) is 19.3 Å². The maximum absolute atomic E-state index is 12.0. The molecule has 1 aliphatic carbocycles. The minimum absolute atomic E-state index is 0.184. The van der Waals surface area contributed by atoms with Gasteiger partial charge in [0.25, 0.3) is 6.43 Å². The molecule has 3 N–H and O–H groups in total. The zero-order chi connectivity index (χ0) is 10.2. The molecule has 0 aromatic carbocycles. The van der Waals surface area contributed by atoms with Crippen molar-refractivity contribution in [3.8, 4) is 0 Å². The first-order valence-electron chi connectivity index (χ1n) is 5.14. The number of halogens is 2. The fourth-order valence-electron chi connectivity index (χ4n) is 2.66. The molecule has 14 heavy (non-hydrogen) atoms. The molecule has 2 atom stereocenters. The van der Waals surface area contributed by atoms with Gasteiger partial charge in [-0.2, -0.15) is 0 Å². The van der Waals surface area contributed by atoms with Crippen LogP contribution in [0.3, 0.4) is 0 Å². The van der Waals surface area contributed by atoms with E-state index in [1.165, 1.54) is 0 Å². The number of nitrogens with two attached hydrogens (primary N) is 1. The molecule has 1 spiro atoms. The summed E-state index contributed by atoms with van der Waals surface area (Å²) < 4.78 is 24.0. The van der Waals surface area contributed by atoms with E-state index >= 15 is 0 Å². The van der Waals surface area contributed by atoms with Gasteiger partial charge in [-0.3, -0.25) is 5.84 Å². The van der Waals surface area contributed by atoms with Crippen LogP contribution in [0.25, 0.3) is 0 Å². The van der Waals surface area contributed by atoms with Crippen molar-refractivity contribution in [2.75, 3.05) is 19.6 Å². The second-order valence-corrected chi connectivity index (χ2v) is 4.47. The standard InChI is InChI=1S/C9H17F2N3/c10-8(11)5-13-7-1-2-9(7)3-4-14(12)6-9/h7-8,13H,1-6,12H2. The Kier molecular flexibility index (Phi) is 2.72. The molecule has 0 bridgehead atoms. The van der Waals surface area contributed by atoms with E-state index in [4.69, 9.17) is 5.84 Å². The average molecular weight is 205 g/mol. The van der Waals surface area contributed by atoms with E-state index in [1.54, 1.807) is 5.01 Å². The molecule has 1 heterocycles. The maximum atomic E-state index is 12.0. The summed E-state index contributed by atoms with van der Waals surface area (Å²) in [6.45, 7) is 1.57. The zero-order valence-electron chi connectivity index (χ0n) is 8.18. The molecule has 2 aliphatic rings. The van der Waals surface area contributed by atoms with Crippen LogP contribution < -0.4 is 11.2 Å². The summed E-state index contributed by atoms with van der Waals surface area (Å²) in [6, 6.07) is 0.255. The van der Waals surface area contributed by atoms with Crippen LogP contribution in [0.2, 0.25) is 0 Å². The Morgan fingerprint density at radius 2 is 2.29 bits per heavy atom. The number of hydrogen-bond donors (Lipinski definition) is 2. The van der Waals surface area contributed by atoms with Gasteiger partial charge in [-0.1, -0.05) is 0 Å². The summed E-state index contributed by atoms with van der Waals surface area (Å²) in [5, 5.41) is 4.74. The lowest BCUT2D eigenvalue weighted by molar-refractivity contribution is 0.0539. The van der Waals surface area contributed by atoms with E-state index in [9.17, 15) is 8.78 Å². The highest BCUT2D eigenvalue weighted by Crippen LogP contribution is 2.47. The van der Waals surface area contributed by atoms with Crippen molar-refractivity contribution in [3.63, 3.8) is 0 Å². The van der Waals surface area contributed by atoms with Crippen molar-refractivity contribution >= 4 is 0 Å². The molecule has 0 amide bonds. The molecule has 0 aromatic heterocycles. The third-order valence-electron chi connectivity index (χ3n) is 3.60. The summed E-state index contributed by atoms with van der Waals surface area (Å²) in [5.74, 6) is 5.70. The third-order valence-corrected chi connectivity index (χ3v) is 3.60. The minimum Gasteiger partial charge on any atom is -0.308 e. The number of hydrazine groups is 1. The van der Waals surface area contributed by atoms with Crippen LogP contribution in [-0.2, 0) is 0 Å². The summed E-state index contributed by atoms with van der Waals surface area (Å²) in [6.07, 6.45) is 0.940. The van der Waals surface area contributed by atoms with Crippen molar-refractivity contribution in [1.82, 2.24) is 10.3 Å². The highest BCUT2D eigenvalue weighted by atomic mass is 19.3. The maximum Gasteiger partial charge on any atom is 0.250 e. The molecule has 3 nitrogen and oxygen atoms in total. The van der Waals surface area contributed by atoms with E-state index in [2.05, 4.69) is 5.32 Å². The molecule has 5 heteroatoms. The normalized spacial score (nSPS) is 38.1. The number of rotatable bonds is 3. The van der Waals surface area contributed by atoms with Crippen molar-refractivity contribution in [3.05, 3.63) is 0 Å². The van der Waals surface area contributed by atoms with E-state index in [0.29, 0.717) is 0 Å². The highest BCUT2D eigenvalue weighted by molar-refractivity contribution is 5.04. The van der Waals surface area contributed by atoms with E-state index < -0.39 is 6.43 Å². The second kappa shape index (κ2) is 3.72. The van der Waals surface area contributed by atoms with Crippen LogP contribution in [0.4, 0.5) is 8.78 Å². The quantitative estimate of drug-likeness (QED) is 0.662. The van der Waals surface area contributed by atoms with Gasteiger partial charge in [0, 0.05) is 24.5 Å². The molecule has 1 saturated heterocycles. The van der Waals surface area contributed by atoms with Gasteiger partial charge >= 0.3 is 0 Å². The van der Waals surface area contributed by atoms with Gasteiger partial charge in [-0.05, 0) is 19.3 Å². The lowest BCUT2D eigenvalue weighted by Crippen LogP contribution is -2.56. The van der Waals surface area contributed by atoms with Crippen LogP contribution in [0.15, 0.2) is 0 Å². The average Bonchev–Trinajstić information content (AvgIpc) is 2.48. The molecule has 1 saturated carbocycles. The van der Waals surface area contributed by atoms with Gasteiger partial charge in [0.1, 0.15) is 0 Å². The first-order valence-corrected chi connectivity index (χ1v) is 5.14. The Morgan fingerprint density at radius 1 is 1.50 bits per heavy atom. The van der Waals surface area contributed by atoms with Crippen LogP contribution in [0, 0.1) is 5.41 Å². The number of nitrogens with one attached hydrogen (secondary N) is 1. The number of alkyl halides is 2. The Hall–Kier alpha value is -0.260. The van der Waals surface area contributed by atoms with Gasteiger partial charge < -0.3 is 5.32 Å². The molecule has 2 fully saturated rings. The molecular weight excluding hydrogens is 188 g/mol. The van der Waals surface area contributed by atoms with E-state index in [-0.39, 0.29) is 18.0 Å². The molecule has 2 rings (SSSR count). The van der Waals surface area contributed by atoms with Crippen LogP contribution >= 0.6 is 0 Å². The van der Waals surface area contributed by atoms with Gasteiger partial charge in [0.05, 0.1) is 6.54 Å². The molecular formula is C9H17F2N3. The summed E-state index contributed by atoms with van der Waals surface area (Å²) in [4.78, 5) is 0. The number of hydrogen-bond acceptors (Lipinski definition) is 3. The Balaban J connectivity index is 1.83. The summed E-state index contributed by atoms with van der Waals surface area (Å²) in [5.41, 5.74) is 0.198. The van der Waals surface area contributed by atoms with E-state index in [0.717, 1.165) is 32.4 Å². The largest absolute Gasteiger partial charge is 0.308 e. The minimum atomic E-state index is -2.25. The van der Waals surface area contributed by atoms with E-state index in [1.807, 2.05) is 0 Å². The Morgan fingerprint density at radius 3 is 2.71 bits per heavy atom. The molecule has 2 unspecified atom stereocenters. The fourth-order valence-corrected chi connectivity index (χ4v) is 2.66. The lowest BCUT2D eigenvalue weighted by atomic mass is 9.64. The highest BCUT2D eigenvalue weighted by Gasteiger charge is 2.49. The second-order valence-electron chi connectivity index (χ2n) is 4.47.